The number of aromatic nitrogens is 2. The molecule has 24 heavy (non-hydrogen) atoms. The second-order valence-electron chi connectivity index (χ2n) is 5.41. The van der Waals surface area contributed by atoms with E-state index in [2.05, 4.69) is 10.3 Å². The summed E-state index contributed by atoms with van der Waals surface area (Å²) in [5, 5.41) is 2.88. The van der Waals surface area contributed by atoms with Crippen molar-refractivity contribution >= 4 is 11.6 Å². The SMILES string of the molecule is Cc1nccn1-c1ccc(NC(=O)c2ccc3c(c2)OCO3)cc1. The molecular weight excluding hydrogens is 306 g/mol. The van der Waals surface area contributed by atoms with Gasteiger partial charge in [-0.2, -0.15) is 0 Å². The lowest BCUT2D eigenvalue weighted by Crippen LogP contribution is -2.11. The van der Waals surface area contributed by atoms with E-state index in [-0.39, 0.29) is 12.7 Å². The molecule has 0 radical (unpaired) electrons. The highest BCUT2D eigenvalue weighted by Gasteiger charge is 2.16. The Kier molecular flexibility index (Phi) is 3.42. The molecule has 4 rings (SSSR count). The second kappa shape index (κ2) is 5.73. The van der Waals surface area contributed by atoms with Gasteiger partial charge in [0.25, 0.3) is 5.91 Å². The van der Waals surface area contributed by atoms with Gasteiger partial charge in [-0.15, -0.1) is 0 Å². The molecular formula is C18H15N3O3. The number of anilines is 1. The van der Waals surface area contributed by atoms with E-state index < -0.39 is 0 Å². The van der Waals surface area contributed by atoms with E-state index in [4.69, 9.17) is 9.47 Å². The maximum absolute atomic E-state index is 12.4. The summed E-state index contributed by atoms with van der Waals surface area (Å²) in [5.41, 5.74) is 2.24. The molecule has 0 fully saturated rings. The number of nitrogens with zero attached hydrogens (tertiary/aromatic N) is 2. The first-order chi connectivity index (χ1) is 11.7. The molecule has 120 valence electrons. The number of hydrogen-bond donors (Lipinski definition) is 1. The van der Waals surface area contributed by atoms with E-state index in [9.17, 15) is 4.79 Å². The van der Waals surface area contributed by atoms with Gasteiger partial charge in [0.05, 0.1) is 0 Å². The Hall–Kier alpha value is -3.28. The van der Waals surface area contributed by atoms with Gasteiger partial charge in [0.2, 0.25) is 6.79 Å². The summed E-state index contributed by atoms with van der Waals surface area (Å²) < 4.78 is 12.5. The summed E-state index contributed by atoms with van der Waals surface area (Å²) in [4.78, 5) is 16.6. The molecule has 2 heterocycles. The molecule has 0 aliphatic carbocycles. The van der Waals surface area contributed by atoms with Crippen LogP contribution in [-0.2, 0) is 0 Å². The van der Waals surface area contributed by atoms with Gasteiger partial charge in [0.15, 0.2) is 11.5 Å². The lowest BCUT2D eigenvalue weighted by molar-refractivity contribution is 0.102. The summed E-state index contributed by atoms with van der Waals surface area (Å²) in [6.07, 6.45) is 3.65. The van der Waals surface area contributed by atoms with Gasteiger partial charge < -0.3 is 19.4 Å². The van der Waals surface area contributed by atoms with Gasteiger partial charge in [-0.25, -0.2) is 4.98 Å². The minimum Gasteiger partial charge on any atom is -0.454 e. The number of ether oxygens (including phenoxy) is 2. The van der Waals surface area contributed by atoms with Crippen LogP contribution < -0.4 is 14.8 Å². The Morgan fingerprint density at radius 3 is 2.67 bits per heavy atom. The fourth-order valence-corrected chi connectivity index (χ4v) is 2.60. The number of hydrogen-bond acceptors (Lipinski definition) is 4. The van der Waals surface area contributed by atoms with Crippen molar-refractivity contribution in [3.05, 3.63) is 66.2 Å². The van der Waals surface area contributed by atoms with E-state index in [1.165, 1.54) is 0 Å². The standard InChI is InChI=1S/C18H15N3O3/c1-12-19-8-9-21(12)15-5-3-14(4-6-15)20-18(22)13-2-7-16-17(10-13)24-11-23-16/h2-10H,11H2,1H3,(H,20,22). The number of nitrogens with one attached hydrogen (secondary N) is 1. The van der Waals surface area contributed by atoms with Crippen LogP contribution in [0.4, 0.5) is 5.69 Å². The first-order valence-corrected chi connectivity index (χ1v) is 7.52. The zero-order valence-corrected chi connectivity index (χ0v) is 13.0. The van der Waals surface area contributed by atoms with Crippen LogP contribution in [0.5, 0.6) is 11.5 Å². The van der Waals surface area contributed by atoms with Crippen molar-refractivity contribution in [1.82, 2.24) is 9.55 Å². The summed E-state index contributed by atoms with van der Waals surface area (Å²) in [7, 11) is 0. The number of imidazole rings is 1. The van der Waals surface area contributed by atoms with Crippen LogP contribution in [0, 0.1) is 6.92 Å². The molecule has 0 bridgehead atoms. The normalized spacial score (nSPS) is 12.2. The smallest absolute Gasteiger partial charge is 0.255 e. The summed E-state index contributed by atoms with van der Waals surface area (Å²) in [5.74, 6) is 1.96. The van der Waals surface area contributed by atoms with Gasteiger partial charge in [-0.05, 0) is 49.4 Å². The molecule has 6 heteroatoms. The van der Waals surface area contributed by atoms with Crippen molar-refractivity contribution in [2.75, 3.05) is 12.1 Å². The molecule has 3 aromatic rings. The minimum absolute atomic E-state index is 0.190. The number of rotatable bonds is 3. The van der Waals surface area contributed by atoms with Gasteiger partial charge in [-0.3, -0.25) is 4.79 Å². The highest BCUT2D eigenvalue weighted by atomic mass is 16.7. The molecule has 0 unspecified atom stereocenters. The first kappa shape index (κ1) is 14.3. The average molecular weight is 321 g/mol. The third-order valence-electron chi connectivity index (χ3n) is 3.86. The topological polar surface area (TPSA) is 65.4 Å². The lowest BCUT2D eigenvalue weighted by Gasteiger charge is -2.08. The first-order valence-electron chi connectivity index (χ1n) is 7.52. The molecule has 0 spiro atoms. The van der Waals surface area contributed by atoms with Gasteiger partial charge in [-0.1, -0.05) is 0 Å². The highest BCUT2D eigenvalue weighted by Crippen LogP contribution is 2.32. The zero-order valence-electron chi connectivity index (χ0n) is 13.0. The van der Waals surface area contributed by atoms with Gasteiger partial charge in [0.1, 0.15) is 5.82 Å². The molecule has 6 nitrogen and oxygen atoms in total. The second-order valence-corrected chi connectivity index (χ2v) is 5.41. The number of fused-ring (bicyclic) bond motifs is 1. The molecule has 2 aromatic carbocycles. The maximum Gasteiger partial charge on any atom is 0.255 e. The van der Waals surface area contributed by atoms with Crippen molar-refractivity contribution in [2.45, 2.75) is 6.92 Å². The van der Waals surface area contributed by atoms with E-state index in [0.717, 1.165) is 17.2 Å². The van der Waals surface area contributed by atoms with Crippen LogP contribution in [0.3, 0.4) is 0 Å². The van der Waals surface area contributed by atoms with E-state index in [0.29, 0.717) is 17.1 Å². The van der Waals surface area contributed by atoms with Gasteiger partial charge >= 0.3 is 0 Å². The maximum atomic E-state index is 12.4. The predicted molar refractivity (Wildman–Crippen MR) is 88.8 cm³/mol. The number of aryl methyl sites for hydroxylation is 1. The van der Waals surface area contributed by atoms with Crippen LogP contribution in [0.1, 0.15) is 16.2 Å². The molecule has 1 aromatic heterocycles. The van der Waals surface area contributed by atoms with Crippen LogP contribution in [0.25, 0.3) is 5.69 Å². The van der Waals surface area contributed by atoms with Crippen molar-refractivity contribution < 1.29 is 14.3 Å². The largest absolute Gasteiger partial charge is 0.454 e. The Bertz CT molecular complexity index is 900. The minimum atomic E-state index is -0.195. The lowest BCUT2D eigenvalue weighted by atomic mass is 10.2. The van der Waals surface area contributed by atoms with Crippen LogP contribution in [0.15, 0.2) is 54.9 Å². The van der Waals surface area contributed by atoms with E-state index in [1.54, 1.807) is 24.4 Å². The molecule has 0 atom stereocenters. The Morgan fingerprint density at radius 2 is 1.92 bits per heavy atom. The third kappa shape index (κ3) is 2.58. The van der Waals surface area contributed by atoms with Crippen molar-refractivity contribution in [1.29, 1.82) is 0 Å². The highest BCUT2D eigenvalue weighted by molar-refractivity contribution is 6.04. The van der Waals surface area contributed by atoms with Gasteiger partial charge in [0, 0.05) is 29.3 Å². The molecule has 1 amide bonds. The average Bonchev–Trinajstić information content (AvgIpc) is 3.23. The quantitative estimate of drug-likeness (QED) is 0.805. The van der Waals surface area contributed by atoms with Crippen LogP contribution in [-0.4, -0.2) is 22.3 Å². The third-order valence-corrected chi connectivity index (χ3v) is 3.86. The fraction of sp³-hybridized carbons (Fsp3) is 0.111. The van der Waals surface area contributed by atoms with Crippen LogP contribution in [0.2, 0.25) is 0 Å². The molecule has 0 saturated heterocycles. The zero-order chi connectivity index (χ0) is 16.5. The van der Waals surface area contributed by atoms with E-state index in [1.807, 2.05) is 42.0 Å². The molecule has 1 N–H and O–H groups in total. The number of carbonyl (C=O) groups excluding carboxylic acids is 1. The summed E-state index contributed by atoms with van der Waals surface area (Å²) in [6.45, 7) is 2.13. The Balaban J connectivity index is 1.51. The Labute approximate surface area is 138 Å². The summed E-state index contributed by atoms with van der Waals surface area (Å²) in [6, 6.07) is 12.7. The fourth-order valence-electron chi connectivity index (χ4n) is 2.60. The number of benzene rings is 2. The van der Waals surface area contributed by atoms with Crippen molar-refractivity contribution in [3.63, 3.8) is 0 Å². The van der Waals surface area contributed by atoms with E-state index >= 15 is 0 Å². The summed E-state index contributed by atoms with van der Waals surface area (Å²) >= 11 is 0. The number of carbonyl (C=O) groups is 1. The number of amides is 1. The Morgan fingerprint density at radius 1 is 1.12 bits per heavy atom. The van der Waals surface area contributed by atoms with Crippen LogP contribution >= 0.6 is 0 Å². The predicted octanol–water partition coefficient (Wildman–Crippen LogP) is 3.16. The molecule has 0 saturated carbocycles. The molecule has 1 aliphatic heterocycles. The van der Waals surface area contributed by atoms with Crippen molar-refractivity contribution in [3.8, 4) is 17.2 Å². The van der Waals surface area contributed by atoms with Crippen molar-refractivity contribution in [2.24, 2.45) is 0 Å². The monoisotopic (exact) mass is 321 g/mol. The molecule has 1 aliphatic rings.